The van der Waals surface area contributed by atoms with Gasteiger partial charge >= 0.3 is 0 Å². The Hall–Kier alpha value is -3.03. The van der Waals surface area contributed by atoms with Gasteiger partial charge < -0.3 is 9.80 Å². The molecule has 0 N–H and O–H groups in total. The van der Waals surface area contributed by atoms with Crippen molar-refractivity contribution >= 4 is 23.9 Å². The number of fused-ring (bicyclic) bond motifs is 1. The van der Waals surface area contributed by atoms with E-state index >= 15 is 0 Å². The van der Waals surface area contributed by atoms with E-state index in [9.17, 15) is 4.39 Å². The first kappa shape index (κ1) is 20.3. The van der Waals surface area contributed by atoms with Gasteiger partial charge in [0.2, 0.25) is 0 Å². The van der Waals surface area contributed by atoms with Crippen LogP contribution in [0.2, 0.25) is 0 Å². The van der Waals surface area contributed by atoms with Gasteiger partial charge in [0.1, 0.15) is 11.6 Å². The Morgan fingerprint density at radius 1 is 0.967 bits per heavy atom. The molecule has 0 amide bonds. The van der Waals surface area contributed by atoms with Crippen LogP contribution in [0.1, 0.15) is 0 Å². The molecule has 4 heterocycles. The predicted molar refractivity (Wildman–Crippen MR) is 119 cm³/mol. The smallest absolute Gasteiger partial charge is 0.162 e. The number of rotatable bonds is 3. The molecule has 0 radical (unpaired) electrons. The summed E-state index contributed by atoms with van der Waals surface area (Å²) in [5.74, 6) is 0.630. The van der Waals surface area contributed by atoms with E-state index in [1.807, 2.05) is 30.6 Å². The lowest BCUT2D eigenvalue weighted by atomic mass is 10.1. The number of halogens is 2. The molecule has 1 fully saturated rings. The van der Waals surface area contributed by atoms with Gasteiger partial charge in [0.25, 0.3) is 0 Å². The summed E-state index contributed by atoms with van der Waals surface area (Å²) in [6, 6.07) is 12.5. The molecule has 0 bridgehead atoms. The van der Waals surface area contributed by atoms with E-state index in [2.05, 4.69) is 27.9 Å². The topological polar surface area (TPSA) is 49.6 Å². The SMILES string of the molecule is CN1CCN(c2cc(-c3cccnc3)c3nc(-c4cccc(F)c4)cn3n2)CC1.Cl. The first-order chi connectivity index (χ1) is 14.2. The molecule has 1 aliphatic heterocycles. The number of hydrogen-bond donors (Lipinski definition) is 0. The first-order valence-corrected chi connectivity index (χ1v) is 9.68. The number of imidazole rings is 1. The molecule has 154 valence electrons. The van der Waals surface area contributed by atoms with E-state index in [1.54, 1.807) is 16.8 Å². The summed E-state index contributed by atoms with van der Waals surface area (Å²) >= 11 is 0. The van der Waals surface area contributed by atoms with Crippen molar-refractivity contribution in [2.75, 3.05) is 38.1 Å². The highest BCUT2D eigenvalue weighted by Crippen LogP contribution is 2.29. The van der Waals surface area contributed by atoms with Gasteiger partial charge in [-0.05, 0) is 31.3 Å². The van der Waals surface area contributed by atoms with Crippen LogP contribution in [0.5, 0.6) is 0 Å². The Balaban J connectivity index is 0.00000218. The van der Waals surface area contributed by atoms with Crippen LogP contribution in [-0.2, 0) is 0 Å². The van der Waals surface area contributed by atoms with Gasteiger partial charge in [-0.2, -0.15) is 0 Å². The van der Waals surface area contributed by atoms with Gasteiger partial charge in [-0.3, -0.25) is 4.98 Å². The molecule has 3 aromatic heterocycles. The zero-order chi connectivity index (χ0) is 19.8. The van der Waals surface area contributed by atoms with Crippen molar-refractivity contribution in [1.29, 1.82) is 0 Å². The average molecular weight is 425 g/mol. The minimum atomic E-state index is -0.280. The van der Waals surface area contributed by atoms with Crippen molar-refractivity contribution in [2.24, 2.45) is 0 Å². The van der Waals surface area contributed by atoms with Gasteiger partial charge in [0, 0.05) is 55.3 Å². The summed E-state index contributed by atoms with van der Waals surface area (Å²) in [5, 5.41) is 4.83. The van der Waals surface area contributed by atoms with E-state index in [4.69, 9.17) is 10.1 Å². The Morgan fingerprint density at radius 3 is 2.50 bits per heavy atom. The van der Waals surface area contributed by atoms with Gasteiger partial charge in [-0.15, -0.1) is 17.5 Å². The molecule has 0 aliphatic carbocycles. The van der Waals surface area contributed by atoms with Gasteiger partial charge in [0.05, 0.1) is 11.9 Å². The third kappa shape index (κ3) is 3.86. The summed E-state index contributed by atoms with van der Waals surface area (Å²) in [7, 11) is 2.14. The Kier molecular flexibility index (Phi) is 5.65. The number of likely N-dealkylation sites (N-methyl/N-ethyl adjacent to an activating group) is 1. The second kappa shape index (κ2) is 8.38. The standard InChI is InChI=1S/C22H21FN6.ClH/c1-27-8-10-28(11-9-27)21-13-19(17-5-3-7-24-14-17)22-25-20(15-29(22)26-21)16-4-2-6-18(23)12-16;/h2-7,12-15H,8-11H2,1H3;1H. The maximum Gasteiger partial charge on any atom is 0.162 e. The van der Waals surface area contributed by atoms with Crippen molar-refractivity contribution in [3.63, 3.8) is 0 Å². The molecule has 5 rings (SSSR count). The average Bonchev–Trinajstić information content (AvgIpc) is 3.18. The summed E-state index contributed by atoms with van der Waals surface area (Å²) in [5.41, 5.74) is 4.10. The summed E-state index contributed by atoms with van der Waals surface area (Å²) in [4.78, 5) is 13.7. The Morgan fingerprint density at radius 2 is 1.77 bits per heavy atom. The minimum Gasteiger partial charge on any atom is -0.353 e. The van der Waals surface area contributed by atoms with Crippen LogP contribution < -0.4 is 4.90 Å². The number of anilines is 1. The molecular formula is C22H22ClFN6. The Labute approximate surface area is 180 Å². The highest BCUT2D eigenvalue weighted by molar-refractivity contribution is 5.85. The third-order valence-corrected chi connectivity index (χ3v) is 5.33. The molecule has 0 saturated carbocycles. The number of benzene rings is 1. The first-order valence-electron chi connectivity index (χ1n) is 9.68. The fraction of sp³-hybridized carbons (Fsp3) is 0.227. The van der Waals surface area contributed by atoms with Crippen molar-refractivity contribution in [2.45, 2.75) is 0 Å². The fourth-order valence-electron chi connectivity index (χ4n) is 3.68. The number of hydrogen-bond acceptors (Lipinski definition) is 5. The van der Waals surface area contributed by atoms with E-state index in [0.717, 1.165) is 54.3 Å². The lowest BCUT2D eigenvalue weighted by molar-refractivity contribution is 0.311. The maximum absolute atomic E-state index is 13.7. The van der Waals surface area contributed by atoms with Crippen molar-refractivity contribution in [3.05, 3.63) is 66.9 Å². The number of piperazine rings is 1. The zero-order valence-corrected chi connectivity index (χ0v) is 17.4. The third-order valence-electron chi connectivity index (χ3n) is 5.33. The molecule has 8 heteroatoms. The molecule has 6 nitrogen and oxygen atoms in total. The second-order valence-electron chi connectivity index (χ2n) is 7.35. The molecule has 1 saturated heterocycles. The lowest BCUT2D eigenvalue weighted by Gasteiger charge is -2.33. The molecule has 30 heavy (non-hydrogen) atoms. The highest BCUT2D eigenvalue weighted by atomic mass is 35.5. The van der Waals surface area contributed by atoms with E-state index in [-0.39, 0.29) is 18.2 Å². The van der Waals surface area contributed by atoms with Crippen molar-refractivity contribution in [3.8, 4) is 22.4 Å². The van der Waals surface area contributed by atoms with Crippen LogP contribution in [0, 0.1) is 5.82 Å². The summed E-state index contributed by atoms with van der Waals surface area (Å²) < 4.78 is 15.5. The molecule has 1 aliphatic rings. The molecule has 0 spiro atoms. The second-order valence-corrected chi connectivity index (χ2v) is 7.35. The molecule has 4 aromatic rings. The lowest BCUT2D eigenvalue weighted by Crippen LogP contribution is -2.45. The maximum atomic E-state index is 13.7. The van der Waals surface area contributed by atoms with Crippen molar-refractivity contribution in [1.82, 2.24) is 24.5 Å². The molecule has 1 aromatic carbocycles. The number of nitrogens with zero attached hydrogens (tertiary/aromatic N) is 6. The summed E-state index contributed by atoms with van der Waals surface area (Å²) in [6.07, 6.45) is 5.45. The minimum absolute atomic E-state index is 0. The highest BCUT2D eigenvalue weighted by Gasteiger charge is 2.19. The Bertz CT molecular complexity index is 1150. The zero-order valence-electron chi connectivity index (χ0n) is 16.6. The van der Waals surface area contributed by atoms with Crippen LogP contribution in [-0.4, -0.2) is 57.7 Å². The molecular weight excluding hydrogens is 403 g/mol. The van der Waals surface area contributed by atoms with E-state index < -0.39 is 0 Å². The van der Waals surface area contributed by atoms with Gasteiger partial charge in [0.15, 0.2) is 5.65 Å². The molecule has 0 unspecified atom stereocenters. The molecule has 0 atom stereocenters. The monoisotopic (exact) mass is 424 g/mol. The number of aromatic nitrogens is 4. The quantitative estimate of drug-likeness (QED) is 0.501. The van der Waals surface area contributed by atoms with E-state index in [0.29, 0.717) is 5.69 Å². The van der Waals surface area contributed by atoms with Crippen LogP contribution >= 0.6 is 12.4 Å². The van der Waals surface area contributed by atoms with E-state index in [1.165, 1.54) is 12.1 Å². The number of pyridine rings is 1. The van der Waals surface area contributed by atoms with Crippen LogP contribution in [0.25, 0.3) is 28.0 Å². The largest absolute Gasteiger partial charge is 0.353 e. The van der Waals surface area contributed by atoms with Gasteiger partial charge in [-0.1, -0.05) is 18.2 Å². The predicted octanol–water partition coefficient (Wildman–Crippen LogP) is 3.77. The van der Waals surface area contributed by atoms with Crippen LogP contribution in [0.15, 0.2) is 61.1 Å². The van der Waals surface area contributed by atoms with Crippen molar-refractivity contribution < 1.29 is 4.39 Å². The fourth-order valence-corrected chi connectivity index (χ4v) is 3.68. The summed E-state index contributed by atoms with van der Waals surface area (Å²) in [6.45, 7) is 3.85. The van der Waals surface area contributed by atoms with Crippen LogP contribution in [0.3, 0.4) is 0 Å². The van der Waals surface area contributed by atoms with Gasteiger partial charge in [-0.25, -0.2) is 13.9 Å². The normalized spacial score (nSPS) is 14.7. The van der Waals surface area contributed by atoms with Crippen LogP contribution in [0.4, 0.5) is 10.2 Å².